The summed E-state index contributed by atoms with van der Waals surface area (Å²) in [4.78, 5) is 0. The highest BCUT2D eigenvalue weighted by molar-refractivity contribution is 6.88. The molecule has 0 unspecified atom stereocenters. The predicted octanol–water partition coefficient (Wildman–Crippen LogP) is 10.2. The number of nitrogens with zero attached hydrogens (tertiary/aromatic N) is 6. The molecule has 0 aliphatic carbocycles. The van der Waals surface area contributed by atoms with Crippen molar-refractivity contribution in [2.45, 2.75) is 38.2 Å². The van der Waals surface area contributed by atoms with Crippen LogP contribution < -0.4 is 11.1 Å². The molecule has 268 valence electrons. The van der Waals surface area contributed by atoms with Gasteiger partial charge in [0, 0.05) is 5.32 Å². The van der Waals surface area contributed by atoms with Gasteiger partial charge in [-0.3, -0.25) is 0 Å². The smallest absolute Gasteiger partial charge is 0.382 e. The fourth-order valence-electron chi connectivity index (χ4n) is 4.24. The Morgan fingerprint density at radius 2 is 1.16 bits per heavy atom. The lowest BCUT2D eigenvalue weighted by Gasteiger charge is -2.21. The van der Waals surface area contributed by atoms with Crippen LogP contribution in [-0.2, 0) is 18.5 Å². The molecule has 0 bridgehead atoms. The molecule has 2 N–H and O–H groups in total. The van der Waals surface area contributed by atoms with Gasteiger partial charge in [0.25, 0.3) is 0 Å². The lowest BCUT2D eigenvalue weighted by Crippen LogP contribution is -2.44. The van der Waals surface area contributed by atoms with Crippen LogP contribution in [0.2, 0.25) is 44.9 Å². The number of rotatable bonds is 3. The molecule has 2 aromatic heterocycles. The van der Waals surface area contributed by atoms with Crippen molar-refractivity contribution in [2.24, 2.45) is 0 Å². The topological polar surface area (TPSA) is 109 Å². The first kappa shape index (κ1) is 41.0. The first-order chi connectivity index (χ1) is 22.6. The van der Waals surface area contributed by atoms with E-state index in [0.29, 0.717) is 16.8 Å². The summed E-state index contributed by atoms with van der Waals surface area (Å²) in [6.45, 7) is 4.98. The van der Waals surface area contributed by atoms with E-state index in [1.54, 1.807) is 25.7 Å². The average Bonchev–Trinajstić information content (AvgIpc) is 3.48. The van der Waals surface area contributed by atoms with E-state index in [1.807, 2.05) is 0 Å². The van der Waals surface area contributed by atoms with Gasteiger partial charge in [-0.25, -0.2) is 18.1 Å². The number of nitrogens with two attached hydrogens (primary N) is 1. The van der Waals surface area contributed by atoms with Crippen LogP contribution in [0.25, 0.3) is 11.4 Å². The molecule has 0 saturated carbocycles. The van der Waals surface area contributed by atoms with Gasteiger partial charge in [-0.1, -0.05) is 77.6 Å². The van der Waals surface area contributed by atoms with Gasteiger partial charge in [0.15, 0.2) is 22.5 Å². The lowest BCUT2D eigenvalue weighted by atomic mass is 10.1. The van der Waals surface area contributed by atoms with Gasteiger partial charge in [0.2, 0.25) is 0 Å². The zero-order chi connectivity index (χ0) is 38.6. The van der Waals surface area contributed by atoms with E-state index < -0.39 is 97.4 Å². The Hall–Kier alpha value is -3.46. The van der Waals surface area contributed by atoms with Crippen molar-refractivity contribution < 1.29 is 48.3 Å². The summed E-state index contributed by atoms with van der Waals surface area (Å²) in [5, 5.41) is 21.1. The second kappa shape index (κ2) is 13.9. The third-order valence-electron chi connectivity index (χ3n) is 6.26. The van der Waals surface area contributed by atoms with E-state index in [-0.39, 0.29) is 16.6 Å². The van der Waals surface area contributed by atoms with E-state index in [1.165, 1.54) is 6.07 Å². The minimum Gasteiger partial charge on any atom is -0.382 e. The summed E-state index contributed by atoms with van der Waals surface area (Å²) >= 11 is 28.5. The van der Waals surface area contributed by atoms with Crippen LogP contribution in [-0.4, -0.2) is 27.6 Å². The van der Waals surface area contributed by atoms with Crippen LogP contribution >= 0.6 is 58.0 Å². The van der Waals surface area contributed by atoms with Gasteiger partial charge in [-0.15, -0.1) is 0 Å². The Morgan fingerprint density at radius 1 is 0.700 bits per heavy atom. The van der Waals surface area contributed by atoms with Gasteiger partial charge >= 0.3 is 18.5 Å². The molecular formula is C26H13Cl5F11N7Si. The third-order valence-corrected chi connectivity index (χ3v) is 9.67. The quantitative estimate of drug-likeness (QED) is 0.126. The molecule has 0 spiro atoms. The summed E-state index contributed by atoms with van der Waals surface area (Å²) in [5.41, 5.74) is -1.52. The SMILES string of the molecule is C[Si](C)(C)c1c(C#N)c(C(F)(F)F)nn1-c1c(Cl)cc(C(F)(F)F)cc1Cl.N#Cc1c(Cl)nn(-c2c(Cl)c(F)c(C(F)(F)F)c(F)c2Cl)c1N. The second-order valence-corrected chi connectivity index (χ2v) is 17.6. The minimum atomic E-state index is -5.37. The second-order valence-electron chi connectivity index (χ2n) is 10.7. The van der Waals surface area contributed by atoms with Crippen molar-refractivity contribution >= 4 is 77.2 Å². The number of nitriles is 2. The molecule has 0 fully saturated rings. The first-order valence-corrected chi connectivity index (χ1v) is 18.0. The van der Waals surface area contributed by atoms with Gasteiger partial charge in [-0.2, -0.15) is 60.2 Å². The van der Waals surface area contributed by atoms with Crippen molar-refractivity contribution in [3.8, 4) is 23.5 Å². The normalized spacial score (nSPS) is 12.3. The zero-order valence-corrected chi connectivity index (χ0v) is 29.2. The summed E-state index contributed by atoms with van der Waals surface area (Å²) in [6, 6.07) is 4.18. The predicted molar refractivity (Wildman–Crippen MR) is 164 cm³/mol. The standard InChI is InChI=1S/C15H11Cl2F6N3Si.C11H2Cl3F5N4/c1-27(2,3)13-8(6-24)12(15(21,22)23)25-26(13)11-9(16)4-7(5-10(11)17)14(18,19)20;12-4-6(15)3(11(17,18)19)7(16)5(13)8(4)23-10(21)2(1-20)9(14)22-23/h4-5H,1-3H3;21H2. The average molecular weight is 838 g/mol. The van der Waals surface area contributed by atoms with Crippen LogP contribution in [0.15, 0.2) is 12.1 Å². The Morgan fingerprint density at radius 3 is 1.50 bits per heavy atom. The maximum absolute atomic E-state index is 13.9. The molecule has 0 amide bonds. The third kappa shape index (κ3) is 7.72. The molecule has 2 heterocycles. The van der Waals surface area contributed by atoms with Crippen LogP contribution in [0, 0.1) is 34.3 Å². The molecule has 24 heteroatoms. The monoisotopic (exact) mass is 835 g/mol. The fraction of sp³-hybridized carbons (Fsp3) is 0.231. The van der Waals surface area contributed by atoms with Gasteiger partial charge in [0.05, 0.1) is 15.6 Å². The van der Waals surface area contributed by atoms with E-state index >= 15 is 0 Å². The molecule has 4 aromatic rings. The van der Waals surface area contributed by atoms with Crippen LogP contribution in [0.4, 0.5) is 54.1 Å². The molecule has 0 saturated heterocycles. The van der Waals surface area contributed by atoms with Crippen molar-refractivity contribution in [2.75, 3.05) is 5.73 Å². The molecule has 7 nitrogen and oxygen atoms in total. The molecular weight excluding hydrogens is 825 g/mol. The summed E-state index contributed by atoms with van der Waals surface area (Å²) in [7, 11) is -2.64. The van der Waals surface area contributed by atoms with Crippen molar-refractivity contribution in [1.82, 2.24) is 19.6 Å². The van der Waals surface area contributed by atoms with Crippen molar-refractivity contribution in [1.29, 1.82) is 10.5 Å². The summed E-state index contributed by atoms with van der Waals surface area (Å²) in [5.74, 6) is -4.69. The van der Waals surface area contributed by atoms with E-state index in [9.17, 15) is 53.6 Å². The van der Waals surface area contributed by atoms with Gasteiger partial charge < -0.3 is 5.73 Å². The molecule has 4 rings (SSSR count). The maximum atomic E-state index is 13.9. The van der Waals surface area contributed by atoms with E-state index in [2.05, 4.69) is 10.2 Å². The highest BCUT2D eigenvalue weighted by Crippen LogP contribution is 2.44. The zero-order valence-electron chi connectivity index (χ0n) is 24.5. The Bertz CT molecular complexity index is 2030. The Kier molecular flexibility index (Phi) is 11.4. The van der Waals surface area contributed by atoms with Crippen molar-refractivity contribution in [3.63, 3.8) is 0 Å². The number of aromatic nitrogens is 4. The molecule has 0 radical (unpaired) electrons. The number of alkyl halides is 9. The number of nitrogen functional groups attached to an aromatic ring is 1. The van der Waals surface area contributed by atoms with Crippen LogP contribution in [0.5, 0.6) is 0 Å². The molecule has 0 atom stereocenters. The Balaban J connectivity index is 0.000000274. The summed E-state index contributed by atoms with van der Waals surface area (Å²) in [6.07, 6.45) is -15.0. The minimum absolute atomic E-state index is 0.0408. The molecule has 0 aliphatic rings. The van der Waals surface area contributed by atoms with Gasteiger partial charge in [0.1, 0.15) is 64.1 Å². The van der Waals surface area contributed by atoms with Crippen LogP contribution in [0.3, 0.4) is 0 Å². The summed E-state index contributed by atoms with van der Waals surface area (Å²) < 4.78 is 146. The maximum Gasteiger partial charge on any atom is 0.436 e. The molecule has 2 aromatic carbocycles. The first-order valence-electron chi connectivity index (χ1n) is 12.7. The lowest BCUT2D eigenvalue weighted by molar-refractivity contribution is -0.143. The van der Waals surface area contributed by atoms with E-state index in [0.717, 1.165) is 4.68 Å². The van der Waals surface area contributed by atoms with Crippen molar-refractivity contribution in [3.05, 3.63) is 77.0 Å². The van der Waals surface area contributed by atoms with Crippen LogP contribution in [0.1, 0.15) is 27.9 Å². The highest BCUT2D eigenvalue weighted by Gasteiger charge is 2.44. The fourth-order valence-corrected chi connectivity index (χ4v) is 7.41. The van der Waals surface area contributed by atoms with E-state index in [4.69, 9.17) is 69.0 Å². The molecule has 50 heavy (non-hydrogen) atoms. The Labute approximate surface area is 299 Å². The number of anilines is 1. The van der Waals surface area contributed by atoms with Gasteiger partial charge in [-0.05, 0) is 12.1 Å². The number of benzene rings is 2. The molecule has 0 aliphatic heterocycles. The number of hydrogen-bond acceptors (Lipinski definition) is 5. The number of halogens is 16. The largest absolute Gasteiger partial charge is 0.436 e. The highest BCUT2D eigenvalue weighted by atomic mass is 35.5. The number of hydrogen-bond donors (Lipinski definition) is 1.